The smallest absolute Gasteiger partial charge is 0.309 e. The van der Waals surface area contributed by atoms with Crippen molar-refractivity contribution >= 4 is 27.9 Å². The molecule has 4 nitrogen and oxygen atoms in total. The van der Waals surface area contributed by atoms with Gasteiger partial charge in [-0.05, 0) is 116 Å². The zero-order valence-electron chi connectivity index (χ0n) is 28.1. The molecular weight excluding hydrogens is 712 g/mol. The molecule has 0 N–H and O–H groups in total. The number of hydrogen-bond acceptors (Lipinski definition) is 4. The van der Waals surface area contributed by atoms with Crippen molar-refractivity contribution in [2.24, 2.45) is 5.92 Å². The van der Waals surface area contributed by atoms with Crippen molar-refractivity contribution in [3.05, 3.63) is 141 Å². The van der Waals surface area contributed by atoms with Gasteiger partial charge in [-0.3, -0.25) is 9.59 Å². The summed E-state index contributed by atoms with van der Waals surface area (Å²) < 4.78 is 61.4. The Hall–Kier alpha value is -3.98. The zero-order valence-corrected chi connectivity index (χ0v) is 29.7. The van der Waals surface area contributed by atoms with Gasteiger partial charge in [0.25, 0.3) is 0 Å². The first-order chi connectivity index (χ1) is 23.3. The second-order valence-corrected chi connectivity index (χ2v) is 13.3. The van der Waals surface area contributed by atoms with Crippen molar-refractivity contribution in [2.45, 2.75) is 78.0 Å². The van der Waals surface area contributed by atoms with Crippen LogP contribution in [0.2, 0.25) is 0 Å². The van der Waals surface area contributed by atoms with E-state index in [0.717, 1.165) is 35.7 Å². The Balaban J connectivity index is 0.000000222. The third kappa shape index (κ3) is 11.3. The normalized spacial score (nSPS) is 18.3. The molecule has 50 heavy (non-hydrogen) atoms. The Morgan fingerprint density at radius 3 is 1.66 bits per heavy atom. The van der Waals surface area contributed by atoms with Crippen molar-refractivity contribution in [3.63, 3.8) is 0 Å². The van der Waals surface area contributed by atoms with Crippen LogP contribution in [0.1, 0.15) is 83.0 Å². The van der Waals surface area contributed by atoms with Crippen molar-refractivity contribution in [3.8, 4) is 0 Å². The van der Waals surface area contributed by atoms with Crippen LogP contribution < -0.4 is 0 Å². The molecule has 2 aliphatic rings. The van der Waals surface area contributed by atoms with Gasteiger partial charge >= 0.3 is 11.9 Å². The second kappa shape index (κ2) is 18.9. The largest absolute Gasteiger partial charge is 0.465 e. The molecule has 6 rings (SSSR count). The number of alkyl halides is 1. The molecule has 0 amide bonds. The fourth-order valence-electron chi connectivity index (χ4n) is 5.72. The Morgan fingerprint density at radius 1 is 0.640 bits per heavy atom. The number of benzene rings is 4. The molecule has 2 fully saturated rings. The van der Waals surface area contributed by atoms with Gasteiger partial charge in [0.1, 0.15) is 0 Å². The van der Waals surface area contributed by atoms with E-state index in [4.69, 9.17) is 9.47 Å². The predicted molar refractivity (Wildman–Crippen MR) is 192 cm³/mol. The highest BCUT2D eigenvalue weighted by Crippen LogP contribution is 2.33. The molecule has 4 aromatic rings. The van der Waals surface area contributed by atoms with Crippen LogP contribution in [0.15, 0.2) is 72.8 Å². The lowest BCUT2D eigenvalue weighted by atomic mass is 9.83. The molecule has 0 aliphatic carbocycles. The van der Waals surface area contributed by atoms with Crippen LogP contribution in [0.25, 0.3) is 0 Å². The second-order valence-electron chi connectivity index (χ2n) is 12.7. The van der Waals surface area contributed by atoms with Crippen LogP contribution in [-0.2, 0) is 30.8 Å². The molecule has 1 unspecified atom stereocenters. The number of halogens is 5. The molecule has 2 aliphatic heterocycles. The van der Waals surface area contributed by atoms with Crippen LogP contribution in [0, 0.1) is 56.9 Å². The van der Waals surface area contributed by atoms with Gasteiger partial charge in [0.05, 0.1) is 19.1 Å². The standard InChI is InChI=1S/C20H20F2O2.C13H16O2.C7H5BrF2.CH4/c1-12-3-5-15(7-13(12)2)17-10-16(20(23)24-11-17)8-14-4-6-18(21)19(22)9-14;1-9-3-4-11(7-10(9)2)12-5-6-13(14)15-8-12;8-4-5-1-2-6(9)7(10)3-5;/h3-7,9,16-17H,8,10-11H2,1-2H3;3-4,7,12H,5-6,8H2,1-2H3;1-3H,4H2;1H4/t16?,17-;12-;;/m11../s1. The minimum atomic E-state index is -0.887. The molecule has 0 bridgehead atoms. The monoisotopic (exact) mass is 756 g/mol. The van der Waals surface area contributed by atoms with Gasteiger partial charge in [-0.2, -0.15) is 0 Å². The Morgan fingerprint density at radius 2 is 1.16 bits per heavy atom. The van der Waals surface area contributed by atoms with E-state index in [2.05, 4.69) is 80.0 Å². The topological polar surface area (TPSA) is 52.6 Å². The fourth-order valence-corrected chi connectivity index (χ4v) is 6.07. The molecular formula is C41H45BrF4O4. The van der Waals surface area contributed by atoms with Gasteiger partial charge in [0.15, 0.2) is 23.3 Å². The number of esters is 2. The average Bonchev–Trinajstić information content (AvgIpc) is 3.08. The maximum Gasteiger partial charge on any atom is 0.309 e. The number of carbonyl (C=O) groups excluding carboxylic acids is 2. The lowest BCUT2D eigenvalue weighted by Crippen LogP contribution is -2.31. The number of rotatable bonds is 5. The van der Waals surface area contributed by atoms with Gasteiger partial charge in [-0.15, -0.1) is 0 Å². The third-order valence-electron chi connectivity index (χ3n) is 9.08. The molecule has 268 valence electrons. The van der Waals surface area contributed by atoms with Gasteiger partial charge in [0, 0.05) is 23.6 Å². The Kier molecular flexibility index (Phi) is 15.3. The van der Waals surface area contributed by atoms with E-state index in [9.17, 15) is 27.2 Å². The minimum absolute atomic E-state index is 0. The van der Waals surface area contributed by atoms with E-state index >= 15 is 0 Å². The van der Waals surface area contributed by atoms with Crippen molar-refractivity contribution in [1.29, 1.82) is 0 Å². The molecule has 0 spiro atoms. The van der Waals surface area contributed by atoms with E-state index < -0.39 is 23.3 Å². The van der Waals surface area contributed by atoms with Crippen LogP contribution in [0.5, 0.6) is 0 Å². The number of hydrogen-bond donors (Lipinski definition) is 0. The molecule has 0 aromatic heterocycles. The average molecular weight is 758 g/mol. The highest BCUT2D eigenvalue weighted by Gasteiger charge is 2.31. The van der Waals surface area contributed by atoms with Crippen LogP contribution in [0.4, 0.5) is 17.6 Å². The van der Waals surface area contributed by atoms with Gasteiger partial charge in [-0.1, -0.05) is 71.9 Å². The van der Waals surface area contributed by atoms with Crippen molar-refractivity contribution < 1.29 is 36.6 Å². The Labute approximate surface area is 301 Å². The fraction of sp³-hybridized carbons (Fsp3) is 0.366. The summed E-state index contributed by atoms with van der Waals surface area (Å²) in [7, 11) is 0. The molecule has 2 saturated heterocycles. The molecule has 4 aromatic carbocycles. The predicted octanol–water partition coefficient (Wildman–Crippen LogP) is 10.7. The van der Waals surface area contributed by atoms with Gasteiger partial charge in [0.2, 0.25) is 0 Å². The van der Waals surface area contributed by atoms with Crippen molar-refractivity contribution in [2.75, 3.05) is 13.2 Å². The van der Waals surface area contributed by atoms with Crippen LogP contribution >= 0.6 is 15.9 Å². The summed E-state index contributed by atoms with van der Waals surface area (Å²) in [5.41, 5.74) is 8.85. The summed E-state index contributed by atoms with van der Waals surface area (Å²) in [6.07, 6.45) is 2.48. The number of ether oxygens (including phenoxy) is 2. The number of cyclic esters (lactones) is 2. The van der Waals surface area contributed by atoms with Crippen molar-refractivity contribution in [1.82, 2.24) is 0 Å². The van der Waals surface area contributed by atoms with Crippen LogP contribution in [0.3, 0.4) is 0 Å². The first-order valence-electron chi connectivity index (χ1n) is 16.2. The molecule has 2 heterocycles. The van der Waals surface area contributed by atoms with Gasteiger partial charge < -0.3 is 9.47 Å². The summed E-state index contributed by atoms with van der Waals surface area (Å²) in [6.45, 7) is 9.27. The maximum absolute atomic E-state index is 13.4. The summed E-state index contributed by atoms with van der Waals surface area (Å²) in [4.78, 5) is 23.0. The lowest BCUT2D eigenvalue weighted by molar-refractivity contribution is -0.154. The van der Waals surface area contributed by atoms with E-state index in [1.54, 1.807) is 0 Å². The molecule has 0 saturated carbocycles. The summed E-state index contributed by atoms with van der Waals surface area (Å²) in [5, 5.41) is 0.546. The lowest BCUT2D eigenvalue weighted by Gasteiger charge is -2.29. The Bertz CT molecular complexity index is 1770. The first kappa shape index (κ1) is 40.4. The number of aryl methyl sites for hydroxylation is 4. The quantitative estimate of drug-likeness (QED) is 0.116. The van der Waals surface area contributed by atoms with E-state index in [1.807, 2.05) is 0 Å². The summed E-state index contributed by atoms with van der Waals surface area (Å²) in [6, 6.07) is 20.4. The molecule has 3 atom stereocenters. The summed E-state index contributed by atoms with van der Waals surface area (Å²) >= 11 is 3.13. The zero-order chi connectivity index (χ0) is 35.7. The maximum atomic E-state index is 13.4. The van der Waals surface area contributed by atoms with Crippen LogP contribution in [-0.4, -0.2) is 25.2 Å². The first-order valence-corrected chi connectivity index (χ1v) is 17.4. The van der Waals surface area contributed by atoms with E-state index in [1.165, 1.54) is 46.0 Å². The van der Waals surface area contributed by atoms with E-state index in [0.29, 0.717) is 49.3 Å². The minimum Gasteiger partial charge on any atom is -0.465 e. The highest BCUT2D eigenvalue weighted by molar-refractivity contribution is 9.08. The summed E-state index contributed by atoms with van der Waals surface area (Å²) in [5.74, 6) is -3.49. The third-order valence-corrected chi connectivity index (χ3v) is 9.73. The number of carbonyl (C=O) groups is 2. The molecule has 0 radical (unpaired) electrons. The molecule has 9 heteroatoms. The SMILES string of the molecule is C.Cc1ccc([C@@H]2CCC(=O)OC2)cc1C.Cc1ccc([C@H]2COC(=O)C(Cc3ccc(F)c(F)c3)C2)cc1C.Fc1ccc(CBr)cc1F. The van der Waals surface area contributed by atoms with E-state index in [-0.39, 0.29) is 31.2 Å². The van der Waals surface area contributed by atoms with Gasteiger partial charge in [-0.25, -0.2) is 17.6 Å². The highest BCUT2D eigenvalue weighted by atomic mass is 79.9.